The van der Waals surface area contributed by atoms with Gasteiger partial charge in [-0.05, 0) is 19.1 Å². The van der Waals surface area contributed by atoms with Crippen LogP contribution in [-0.4, -0.2) is 22.2 Å². The number of hydrogen-bond acceptors (Lipinski definition) is 4. The molecule has 1 aliphatic heterocycles. The highest BCUT2D eigenvalue weighted by atomic mass is 15.5. The molecule has 3 heterocycles. The summed E-state index contributed by atoms with van der Waals surface area (Å²) in [7, 11) is 0. The van der Waals surface area contributed by atoms with Crippen molar-refractivity contribution in [3.63, 3.8) is 0 Å². The quantitative estimate of drug-likeness (QED) is 0.833. The molecule has 0 saturated heterocycles. The Morgan fingerprint density at radius 2 is 2.42 bits per heavy atom. The molecule has 1 unspecified atom stereocenters. The summed E-state index contributed by atoms with van der Waals surface area (Å²) in [4.78, 5) is 7.37. The first-order chi connectivity index (χ1) is 9.29. The third-order valence-corrected chi connectivity index (χ3v) is 3.30. The monoisotopic (exact) mass is 251 g/mol. The fraction of sp³-hybridized carbons (Fsp3) is 0.214. The van der Waals surface area contributed by atoms with E-state index < -0.39 is 0 Å². The molecule has 1 aliphatic rings. The lowest BCUT2D eigenvalue weighted by Crippen LogP contribution is -2.17. The summed E-state index contributed by atoms with van der Waals surface area (Å²) in [6, 6.07) is 5.99. The molecule has 1 N–H and O–H groups in total. The van der Waals surface area contributed by atoms with Crippen LogP contribution in [0.15, 0.2) is 41.8 Å². The fourth-order valence-electron chi connectivity index (χ4n) is 2.31. The number of nitrogens with zero attached hydrogens (tertiary/aromatic N) is 4. The number of hydrogen-bond donors (Lipinski definition) is 1. The second kappa shape index (κ2) is 4.58. The van der Waals surface area contributed by atoms with Crippen LogP contribution in [0, 0.1) is 17.2 Å². The molecular weight excluding hydrogens is 238 g/mol. The largest absolute Gasteiger partial charge is 0.346 e. The summed E-state index contributed by atoms with van der Waals surface area (Å²) in [6.45, 7) is 2.75. The SMILES string of the molecule is CC1=NN(c2ccnc3[nH]ccc23)CC1/C=C/C#N. The highest BCUT2D eigenvalue weighted by Gasteiger charge is 2.23. The maximum atomic E-state index is 8.61. The summed E-state index contributed by atoms with van der Waals surface area (Å²) in [5, 5.41) is 16.2. The van der Waals surface area contributed by atoms with Crippen LogP contribution in [0.5, 0.6) is 0 Å². The molecule has 0 aliphatic carbocycles. The minimum absolute atomic E-state index is 0.196. The second-order valence-corrected chi connectivity index (χ2v) is 4.49. The molecule has 0 saturated carbocycles. The van der Waals surface area contributed by atoms with Crippen LogP contribution in [0.25, 0.3) is 11.0 Å². The van der Waals surface area contributed by atoms with E-state index in [0.29, 0.717) is 0 Å². The molecule has 94 valence electrons. The molecule has 19 heavy (non-hydrogen) atoms. The molecule has 0 radical (unpaired) electrons. The molecule has 0 bridgehead atoms. The predicted octanol–water partition coefficient (Wildman–Crippen LogP) is 2.45. The van der Waals surface area contributed by atoms with Crippen LogP contribution in [0.1, 0.15) is 6.92 Å². The molecule has 2 aromatic rings. The lowest BCUT2D eigenvalue weighted by Gasteiger charge is -2.15. The highest BCUT2D eigenvalue weighted by molar-refractivity contribution is 5.94. The molecule has 2 aromatic heterocycles. The standard InChI is InChI=1S/C14H13N5/c1-10-11(3-2-6-15)9-19(18-10)13-5-8-17-14-12(13)4-7-16-14/h2-5,7-8,11H,9H2,1H3,(H,16,17)/b3-2+. The van der Waals surface area contributed by atoms with E-state index in [1.165, 1.54) is 6.08 Å². The Morgan fingerprint density at radius 3 is 3.26 bits per heavy atom. The van der Waals surface area contributed by atoms with Gasteiger partial charge in [0, 0.05) is 35.5 Å². The third-order valence-electron chi connectivity index (χ3n) is 3.30. The number of allylic oxidation sites excluding steroid dienone is 1. The molecule has 0 fully saturated rings. The van der Waals surface area contributed by atoms with Crippen LogP contribution in [0.3, 0.4) is 0 Å². The Hall–Kier alpha value is -2.61. The highest BCUT2D eigenvalue weighted by Crippen LogP contribution is 2.29. The molecule has 0 spiro atoms. The van der Waals surface area contributed by atoms with Gasteiger partial charge in [-0.2, -0.15) is 10.4 Å². The van der Waals surface area contributed by atoms with Gasteiger partial charge in [0.1, 0.15) is 5.65 Å². The number of aromatic amines is 1. The Labute approximate surface area is 110 Å². The van der Waals surface area contributed by atoms with Gasteiger partial charge in [-0.3, -0.25) is 5.01 Å². The Kier molecular flexibility index (Phi) is 2.76. The van der Waals surface area contributed by atoms with Crippen molar-refractivity contribution in [2.24, 2.45) is 11.0 Å². The number of nitrogens with one attached hydrogen (secondary N) is 1. The third kappa shape index (κ3) is 1.97. The van der Waals surface area contributed by atoms with Gasteiger partial charge in [-0.1, -0.05) is 6.08 Å². The van der Waals surface area contributed by atoms with Gasteiger partial charge in [0.25, 0.3) is 0 Å². The number of pyridine rings is 1. The Bertz CT molecular complexity index is 704. The number of rotatable bonds is 2. The number of anilines is 1. The van der Waals surface area contributed by atoms with Gasteiger partial charge in [0.15, 0.2) is 0 Å². The number of fused-ring (bicyclic) bond motifs is 1. The van der Waals surface area contributed by atoms with Crippen molar-refractivity contribution < 1.29 is 0 Å². The first-order valence-electron chi connectivity index (χ1n) is 6.10. The summed E-state index contributed by atoms with van der Waals surface area (Å²) in [5.41, 5.74) is 2.92. The number of nitriles is 1. The van der Waals surface area contributed by atoms with Crippen LogP contribution in [0.4, 0.5) is 5.69 Å². The minimum Gasteiger partial charge on any atom is -0.346 e. The minimum atomic E-state index is 0.196. The van der Waals surface area contributed by atoms with Crippen LogP contribution in [-0.2, 0) is 0 Å². The van der Waals surface area contributed by atoms with Crippen molar-refractivity contribution in [2.75, 3.05) is 11.6 Å². The van der Waals surface area contributed by atoms with E-state index in [-0.39, 0.29) is 5.92 Å². The zero-order chi connectivity index (χ0) is 13.2. The smallest absolute Gasteiger partial charge is 0.139 e. The molecule has 5 nitrogen and oxygen atoms in total. The van der Waals surface area contributed by atoms with Crippen LogP contribution >= 0.6 is 0 Å². The first-order valence-corrected chi connectivity index (χ1v) is 6.10. The molecular formula is C14H13N5. The lowest BCUT2D eigenvalue weighted by molar-refractivity contribution is 0.834. The normalized spacial score (nSPS) is 19.1. The van der Waals surface area contributed by atoms with Crippen molar-refractivity contribution in [1.29, 1.82) is 5.26 Å². The first kappa shape index (κ1) is 11.5. The van der Waals surface area contributed by atoms with Gasteiger partial charge < -0.3 is 4.98 Å². The topological polar surface area (TPSA) is 68.1 Å². The maximum absolute atomic E-state index is 8.61. The number of aromatic nitrogens is 2. The van der Waals surface area contributed by atoms with Crippen molar-refractivity contribution in [1.82, 2.24) is 9.97 Å². The van der Waals surface area contributed by atoms with Gasteiger partial charge >= 0.3 is 0 Å². The van der Waals surface area contributed by atoms with Crippen molar-refractivity contribution in [3.8, 4) is 6.07 Å². The average molecular weight is 251 g/mol. The summed E-state index contributed by atoms with van der Waals surface area (Å²) in [5.74, 6) is 0.196. The van der Waals surface area contributed by atoms with E-state index in [9.17, 15) is 0 Å². The molecule has 0 amide bonds. The zero-order valence-electron chi connectivity index (χ0n) is 10.5. The van der Waals surface area contributed by atoms with Gasteiger partial charge in [-0.15, -0.1) is 0 Å². The summed E-state index contributed by atoms with van der Waals surface area (Å²) < 4.78 is 0. The van der Waals surface area contributed by atoms with E-state index in [2.05, 4.69) is 15.1 Å². The number of hydrazone groups is 1. The molecule has 5 heteroatoms. The zero-order valence-corrected chi connectivity index (χ0v) is 10.5. The van der Waals surface area contributed by atoms with E-state index in [1.54, 1.807) is 6.20 Å². The van der Waals surface area contributed by atoms with Gasteiger partial charge in [0.2, 0.25) is 0 Å². The van der Waals surface area contributed by atoms with Crippen molar-refractivity contribution in [2.45, 2.75) is 6.92 Å². The maximum Gasteiger partial charge on any atom is 0.139 e. The van der Waals surface area contributed by atoms with E-state index >= 15 is 0 Å². The molecule has 0 aromatic carbocycles. The van der Waals surface area contributed by atoms with Crippen LogP contribution in [0.2, 0.25) is 0 Å². The van der Waals surface area contributed by atoms with Gasteiger partial charge in [-0.25, -0.2) is 4.98 Å². The Morgan fingerprint density at radius 1 is 1.53 bits per heavy atom. The van der Waals surface area contributed by atoms with E-state index in [4.69, 9.17) is 5.26 Å². The summed E-state index contributed by atoms with van der Waals surface area (Å²) >= 11 is 0. The second-order valence-electron chi connectivity index (χ2n) is 4.49. The van der Waals surface area contributed by atoms with Gasteiger partial charge in [0.05, 0.1) is 18.3 Å². The average Bonchev–Trinajstić information content (AvgIpc) is 3.02. The molecule has 1 atom stereocenters. The predicted molar refractivity (Wildman–Crippen MR) is 74.8 cm³/mol. The van der Waals surface area contributed by atoms with Crippen molar-refractivity contribution >= 4 is 22.4 Å². The molecule has 3 rings (SSSR count). The van der Waals surface area contributed by atoms with Crippen molar-refractivity contribution in [3.05, 3.63) is 36.7 Å². The lowest BCUT2D eigenvalue weighted by atomic mass is 10.1. The van der Waals surface area contributed by atoms with E-state index in [0.717, 1.165) is 29.0 Å². The summed E-state index contributed by atoms with van der Waals surface area (Å²) in [6.07, 6.45) is 7.07. The van der Waals surface area contributed by atoms with Crippen LogP contribution < -0.4 is 5.01 Å². The Balaban J connectivity index is 1.95. The fourth-order valence-corrected chi connectivity index (χ4v) is 2.31. The number of H-pyrrole nitrogens is 1. The van der Waals surface area contributed by atoms with E-state index in [1.807, 2.05) is 42.4 Å².